The predicted molar refractivity (Wildman–Crippen MR) is 60.1 cm³/mol. The Morgan fingerprint density at radius 1 is 1.25 bits per heavy atom. The molecule has 0 atom stereocenters. The predicted octanol–water partition coefficient (Wildman–Crippen LogP) is 1.34. The highest BCUT2D eigenvalue weighted by molar-refractivity contribution is 6.09. The molecule has 1 aromatic heterocycles. The smallest absolute Gasteiger partial charge is 0.389 e. The fourth-order valence-electron chi connectivity index (χ4n) is 2.05. The van der Waals surface area contributed by atoms with Gasteiger partial charge in [0.1, 0.15) is 5.76 Å². The van der Waals surface area contributed by atoms with Crippen LogP contribution in [-0.4, -0.2) is 18.0 Å². The van der Waals surface area contributed by atoms with Crippen LogP contribution in [0.25, 0.3) is 0 Å². The minimum atomic E-state index is -4.29. The maximum Gasteiger partial charge on any atom is 0.389 e. The van der Waals surface area contributed by atoms with Crippen molar-refractivity contribution in [2.45, 2.75) is 31.9 Å². The minimum Gasteiger partial charge on any atom is -0.426 e. The Morgan fingerprint density at radius 2 is 1.95 bits per heavy atom. The summed E-state index contributed by atoms with van der Waals surface area (Å²) < 4.78 is 41.1. The monoisotopic (exact) mass is 289 g/mol. The maximum absolute atomic E-state index is 12.1. The molecule has 2 rings (SSSR count). The van der Waals surface area contributed by atoms with E-state index in [1.165, 1.54) is 0 Å². The lowest BCUT2D eigenvalue weighted by molar-refractivity contribution is -0.135. The Hall–Kier alpha value is -2.12. The maximum atomic E-state index is 12.1. The number of carbonyl (C=O) groups is 2. The van der Waals surface area contributed by atoms with Crippen LogP contribution >= 0.6 is 0 Å². The van der Waals surface area contributed by atoms with Crippen molar-refractivity contribution < 1.29 is 27.2 Å². The fourth-order valence-corrected chi connectivity index (χ4v) is 2.05. The van der Waals surface area contributed by atoms with E-state index in [0.717, 1.165) is 6.07 Å². The van der Waals surface area contributed by atoms with E-state index in [0.29, 0.717) is 0 Å². The molecule has 2 heterocycles. The number of imide groups is 1. The van der Waals surface area contributed by atoms with Gasteiger partial charge in [0.2, 0.25) is 5.91 Å². The molecule has 0 spiro atoms. The van der Waals surface area contributed by atoms with Gasteiger partial charge in [-0.3, -0.25) is 14.9 Å². The van der Waals surface area contributed by atoms with E-state index in [1.54, 1.807) is 0 Å². The van der Waals surface area contributed by atoms with Gasteiger partial charge in [-0.2, -0.15) is 13.2 Å². The summed E-state index contributed by atoms with van der Waals surface area (Å²) in [5, 5.41) is 2.04. The molecule has 0 aromatic carbocycles. The molecule has 1 aliphatic rings. The number of aryl methyl sites for hydroxylation is 1. The second-order valence-electron chi connectivity index (χ2n) is 4.41. The number of fused-ring (bicyclic) bond motifs is 1. The summed E-state index contributed by atoms with van der Waals surface area (Å²) in [6, 6.07) is 0.991. The van der Waals surface area contributed by atoms with Crippen molar-refractivity contribution in [2.24, 2.45) is 0 Å². The van der Waals surface area contributed by atoms with Crippen LogP contribution in [0.2, 0.25) is 0 Å². The van der Waals surface area contributed by atoms with Crippen LogP contribution in [0, 0.1) is 0 Å². The van der Waals surface area contributed by atoms with Crippen LogP contribution in [0.3, 0.4) is 0 Å². The molecular weight excluding hydrogens is 279 g/mol. The summed E-state index contributed by atoms with van der Waals surface area (Å²) in [4.78, 5) is 34.1. The number of alkyl halides is 3. The van der Waals surface area contributed by atoms with Crippen molar-refractivity contribution in [3.05, 3.63) is 33.4 Å². The van der Waals surface area contributed by atoms with E-state index >= 15 is 0 Å². The first-order chi connectivity index (χ1) is 9.26. The zero-order valence-electron chi connectivity index (χ0n) is 10.2. The molecule has 1 N–H and O–H groups in total. The van der Waals surface area contributed by atoms with Crippen LogP contribution in [-0.2, 0) is 17.6 Å². The van der Waals surface area contributed by atoms with E-state index < -0.39 is 30.0 Å². The van der Waals surface area contributed by atoms with E-state index in [4.69, 9.17) is 4.42 Å². The van der Waals surface area contributed by atoms with Crippen LogP contribution in [0.15, 0.2) is 15.3 Å². The SMILES string of the molecule is O=C1Cc2oc(=O)cc(CCCC(F)(F)F)c2C(=O)N1. The molecule has 0 unspecified atom stereocenters. The molecule has 0 radical (unpaired) electrons. The number of rotatable bonds is 3. The Kier molecular flexibility index (Phi) is 3.65. The lowest BCUT2D eigenvalue weighted by atomic mass is 9.98. The lowest BCUT2D eigenvalue weighted by Crippen LogP contribution is -2.38. The van der Waals surface area contributed by atoms with Crippen LogP contribution in [0.4, 0.5) is 13.2 Å². The van der Waals surface area contributed by atoms with Gasteiger partial charge in [0.15, 0.2) is 0 Å². The Bertz CT molecular complexity index is 618. The number of hydrogen-bond acceptors (Lipinski definition) is 4. The Balaban J connectivity index is 2.27. The highest BCUT2D eigenvalue weighted by atomic mass is 19.4. The number of carbonyl (C=O) groups excluding carboxylic acids is 2. The van der Waals surface area contributed by atoms with E-state index in [9.17, 15) is 27.6 Å². The van der Waals surface area contributed by atoms with Gasteiger partial charge in [0.25, 0.3) is 5.91 Å². The summed E-state index contributed by atoms with van der Waals surface area (Å²) in [7, 11) is 0. The molecule has 108 valence electrons. The van der Waals surface area contributed by atoms with Gasteiger partial charge >= 0.3 is 11.8 Å². The highest BCUT2D eigenvalue weighted by Gasteiger charge is 2.30. The average molecular weight is 289 g/mol. The number of amides is 2. The molecular formula is C12H10F3NO4. The zero-order valence-corrected chi connectivity index (χ0v) is 10.2. The van der Waals surface area contributed by atoms with Crippen molar-refractivity contribution in [2.75, 3.05) is 0 Å². The summed E-state index contributed by atoms with van der Waals surface area (Å²) in [5.74, 6) is -1.45. The van der Waals surface area contributed by atoms with Crippen molar-refractivity contribution >= 4 is 11.8 Å². The third-order valence-corrected chi connectivity index (χ3v) is 2.82. The second kappa shape index (κ2) is 5.10. The van der Waals surface area contributed by atoms with Crippen molar-refractivity contribution in [3.63, 3.8) is 0 Å². The van der Waals surface area contributed by atoms with Crippen molar-refractivity contribution in [1.29, 1.82) is 0 Å². The van der Waals surface area contributed by atoms with Gasteiger partial charge in [0, 0.05) is 12.5 Å². The first-order valence-corrected chi connectivity index (χ1v) is 5.83. The lowest BCUT2D eigenvalue weighted by Gasteiger charge is -2.16. The van der Waals surface area contributed by atoms with E-state index in [-0.39, 0.29) is 36.1 Å². The number of nitrogens with one attached hydrogen (secondary N) is 1. The van der Waals surface area contributed by atoms with Gasteiger partial charge in [0.05, 0.1) is 12.0 Å². The van der Waals surface area contributed by atoms with Gasteiger partial charge < -0.3 is 4.42 Å². The fraction of sp³-hybridized carbons (Fsp3) is 0.417. The topological polar surface area (TPSA) is 76.4 Å². The van der Waals surface area contributed by atoms with Gasteiger partial charge in [-0.1, -0.05) is 0 Å². The first kappa shape index (κ1) is 14.3. The standard InChI is InChI=1S/C12H10F3NO4/c13-12(14,15)3-1-2-6-4-9(18)20-7-5-8(17)16-11(19)10(6)7/h4H,1-3,5H2,(H,16,17,19). The second-order valence-corrected chi connectivity index (χ2v) is 4.41. The van der Waals surface area contributed by atoms with E-state index in [1.807, 2.05) is 5.32 Å². The van der Waals surface area contributed by atoms with Crippen LogP contribution < -0.4 is 10.9 Å². The Labute approximate surface area is 110 Å². The van der Waals surface area contributed by atoms with Gasteiger partial charge in [-0.15, -0.1) is 0 Å². The summed E-state index contributed by atoms with van der Waals surface area (Å²) in [6.45, 7) is 0. The molecule has 0 bridgehead atoms. The normalized spacial score (nSPS) is 14.9. The van der Waals surface area contributed by atoms with Gasteiger partial charge in [-0.05, 0) is 18.4 Å². The van der Waals surface area contributed by atoms with Gasteiger partial charge in [-0.25, -0.2) is 4.79 Å². The van der Waals surface area contributed by atoms with Crippen LogP contribution in [0.5, 0.6) is 0 Å². The molecule has 5 nitrogen and oxygen atoms in total. The molecule has 0 saturated heterocycles. The zero-order chi connectivity index (χ0) is 14.9. The van der Waals surface area contributed by atoms with Crippen LogP contribution in [0.1, 0.15) is 34.5 Å². The summed E-state index contributed by atoms with van der Waals surface area (Å²) in [6.07, 6.45) is -5.92. The third-order valence-electron chi connectivity index (χ3n) is 2.82. The minimum absolute atomic E-state index is 0.00799. The number of halogens is 3. The molecule has 20 heavy (non-hydrogen) atoms. The third kappa shape index (κ3) is 3.25. The summed E-state index contributed by atoms with van der Waals surface area (Å²) in [5.41, 5.74) is -0.620. The average Bonchev–Trinajstić information content (AvgIpc) is 2.24. The quantitative estimate of drug-likeness (QED) is 0.852. The van der Waals surface area contributed by atoms with E-state index in [2.05, 4.69) is 0 Å². The highest BCUT2D eigenvalue weighted by Crippen LogP contribution is 2.24. The molecule has 0 aliphatic carbocycles. The molecule has 0 saturated carbocycles. The molecule has 1 aliphatic heterocycles. The molecule has 0 fully saturated rings. The molecule has 2 amide bonds. The first-order valence-electron chi connectivity index (χ1n) is 5.83. The largest absolute Gasteiger partial charge is 0.426 e. The van der Waals surface area contributed by atoms with Crippen molar-refractivity contribution in [3.8, 4) is 0 Å². The summed E-state index contributed by atoms with van der Waals surface area (Å²) >= 11 is 0. The number of hydrogen-bond donors (Lipinski definition) is 1. The molecule has 1 aromatic rings. The Morgan fingerprint density at radius 3 is 2.60 bits per heavy atom. The molecule has 8 heteroatoms. The van der Waals surface area contributed by atoms with Crippen molar-refractivity contribution in [1.82, 2.24) is 5.32 Å².